The van der Waals surface area contributed by atoms with E-state index in [4.69, 9.17) is 4.74 Å². The van der Waals surface area contributed by atoms with Crippen LogP contribution in [-0.4, -0.2) is 21.4 Å². The van der Waals surface area contributed by atoms with E-state index in [1.807, 2.05) is 19.9 Å². The summed E-state index contributed by atoms with van der Waals surface area (Å²) in [6.07, 6.45) is 5.01. The lowest BCUT2D eigenvalue weighted by Crippen LogP contribution is -2.26. The number of carbonyl (C=O) groups excluding carboxylic acids is 1. The van der Waals surface area contributed by atoms with Crippen LogP contribution in [0, 0.1) is 19.8 Å². The first-order valence-electron chi connectivity index (χ1n) is 9.64. The minimum Gasteiger partial charge on any atom is -0.427 e. The predicted molar refractivity (Wildman–Crippen MR) is 110 cm³/mol. The van der Waals surface area contributed by atoms with Crippen LogP contribution in [0.1, 0.15) is 43.2 Å². The summed E-state index contributed by atoms with van der Waals surface area (Å²) in [5.74, 6) is 0.639. The average molecular weight is 402 g/mol. The zero-order valence-corrected chi connectivity index (χ0v) is 17.5. The fourth-order valence-corrected chi connectivity index (χ4v) is 4.80. The van der Waals surface area contributed by atoms with Gasteiger partial charge in [-0.15, -0.1) is 0 Å². The molecular formula is C22H27NO4S. The number of benzene rings is 2. The minimum absolute atomic E-state index is 0.226. The lowest BCUT2D eigenvalue weighted by atomic mass is 10.0. The summed E-state index contributed by atoms with van der Waals surface area (Å²) in [4.78, 5) is 12.3. The fraction of sp³-hybridized carbons (Fsp3) is 0.409. The molecule has 1 aliphatic carbocycles. The normalized spacial score (nSPS) is 14.8. The van der Waals surface area contributed by atoms with Gasteiger partial charge < -0.3 is 4.74 Å². The summed E-state index contributed by atoms with van der Waals surface area (Å²) in [6.45, 7) is 3.84. The topological polar surface area (TPSA) is 63.7 Å². The highest BCUT2D eigenvalue weighted by Crippen LogP contribution is 2.29. The maximum atomic E-state index is 12.9. The number of rotatable bonds is 6. The zero-order chi connectivity index (χ0) is 20.3. The van der Waals surface area contributed by atoms with Crippen molar-refractivity contribution >= 4 is 21.7 Å². The molecule has 6 heteroatoms. The molecule has 150 valence electrons. The first-order chi connectivity index (χ1) is 13.3. The van der Waals surface area contributed by atoms with E-state index in [9.17, 15) is 13.2 Å². The van der Waals surface area contributed by atoms with Crippen molar-refractivity contribution in [1.82, 2.24) is 0 Å². The van der Waals surface area contributed by atoms with Gasteiger partial charge in [0.2, 0.25) is 0 Å². The third-order valence-corrected chi connectivity index (χ3v) is 7.28. The molecule has 2 aromatic rings. The van der Waals surface area contributed by atoms with Gasteiger partial charge in [0.15, 0.2) is 0 Å². The second kappa shape index (κ2) is 8.35. The number of nitrogens with zero attached hydrogens (tertiary/aromatic N) is 1. The van der Waals surface area contributed by atoms with Gasteiger partial charge in [-0.25, -0.2) is 8.42 Å². The van der Waals surface area contributed by atoms with Gasteiger partial charge in [0.05, 0.1) is 10.6 Å². The van der Waals surface area contributed by atoms with Crippen molar-refractivity contribution in [2.75, 3.05) is 11.4 Å². The Bertz CT molecular complexity index is 945. The van der Waals surface area contributed by atoms with Gasteiger partial charge in [0, 0.05) is 13.5 Å². The van der Waals surface area contributed by atoms with Crippen LogP contribution < -0.4 is 9.04 Å². The average Bonchev–Trinajstić information content (AvgIpc) is 3.16. The van der Waals surface area contributed by atoms with Gasteiger partial charge in [-0.3, -0.25) is 9.10 Å². The van der Waals surface area contributed by atoms with Gasteiger partial charge in [0.25, 0.3) is 10.0 Å². The van der Waals surface area contributed by atoms with Crippen molar-refractivity contribution in [2.24, 2.45) is 5.92 Å². The van der Waals surface area contributed by atoms with E-state index in [0.717, 1.165) is 24.0 Å². The van der Waals surface area contributed by atoms with E-state index in [1.54, 1.807) is 36.4 Å². The standard InChI is InChI=1S/C22H27NO4S/c1-16-8-13-21(14-17(16)2)28(25,26)23(3)19-9-11-20(12-10-19)27-22(24)15-18-6-4-5-7-18/h8-14,18H,4-7,15H2,1-3H3. The Hall–Kier alpha value is -2.34. The molecule has 0 aliphatic heterocycles. The maximum absolute atomic E-state index is 12.9. The largest absolute Gasteiger partial charge is 0.427 e. The van der Waals surface area contributed by atoms with Crippen LogP contribution in [0.4, 0.5) is 5.69 Å². The van der Waals surface area contributed by atoms with Crippen LogP contribution in [0.5, 0.6) is 5.75 Å². The summed E-state index contributed by atoms with van der Waals surface area (Å²) >= 11 is 0. The summed E-state index contributed by atoms with van der Waals surface area (Å²) in [5, 5.41) is 0. The fourth-order valence-electron chi connectivity index (χ4n) is 3.52. The molecule has 1 aliphatic rings. The number of esters is 1. The van der Waals surface area contributed by atoms with Gasteiger partial charge >= 0.3 is 5.97 Å². The van der Waals surface area contributed by atoms with E-state index in [-0.39, 0.29) is 10.9 Å². The van der Waals surface area contributed by atoms with Crippen LogP contribution in [-0.2, 0) is 14.8 Å². The number of sulfonamides is 1. The summed E-state index contributed by atoms with van der Waals surface area (Å²) in [6, 6.07) is 11.7. The van der Waals surface area contributed by atoms with Crippen LogP contribution in [0.2, 0.25) is 0 Å². The monoisotopic (exact) mass is 401 g/mol. The SMILES string of the molecule is Cc1ccc(S(=O)(=O)N(C)c2ccc(OC(=O)CC3CCCC3)cc2)cc1C. The van der Waals surface area contributed by atoms with Crippen LogP contribution in [0.15, 0.2) is 47.4 Å². The number of ether oxygens (including phenoxy) is 1. The molecule has 0 atom stereocenters. The Morgan fingerprint density at radius 3 is 2.29 bits per heavy atom. The second-order valence-corrected chi connectivity index (χ2v) is 9.51. The lowest BCUT2D eigenvalue weighted by molar-refractivity contribution is -0.135. The van der Waals surface area contributed by atoms with Crippen molar-refractivity contribution in [3.05, 3.63) is 53.6 Å². The molecular weight excluding hydrogens is 374 g/mol. The second-order valence-electron chi connectivity index (χ2n) is 7.54. The molecule has 3 rings (SSSR count). The Morgan fingerprint density at radius 1 is 1.04 bits per heavy atom. The predicted octanol–water partition coefficient (Wildman–Crippen LogP) is 4.61. The van der Waals surface area contributed by atoms with Gasteiger partial charge in [-0.05, 0) is 80.1 Å². The molecule has 0 radical (unpaired) electrons. The molecule has 2 aromatic carbocycles. The van der Waals surface area contributed by atoms with Crippen molar-refractivity contribution in [3.63, 3.8) is 0 Å². The molecule has 0 amide bonds. The van der Waals surface area contributed by atoms with Crippen molar-refractivity contribution in [3.8, 4) is 5.75 Å². The Kier molecular flexibility index (Phi) is 6.08. The maximum Gasteiger partial charge on any atom is 0.311 e. The Labute approximate surface area is 167 Å². The molecule has 0 heterocycles. The van der Waals surface area contributed by atoms with Crippen molar-refractivity contribution in [1.29, 1.82) is 0 Å². The lowest BCUT2D eigenvalue weighted by Gasteiger charge is -2.20. The third kappa shape index (κ3) is 4.55. The van der Waals surface area contributed by atoms with E-state index in [1.165, 1.54) is 24.2 Å². The Morgan fingerprint density at radius 2 is 1.68 bits per heavy atom. The van der Waals surface area contributed by atoms with E-state index < -0.39 is 10.0 Å². The number of anilines is 1. The van der Waals surface area contributed by atoms with Crippen LogP contribution in [0.25, 0.3) is 0 Å². The smallest absolute Gasteiger partial charge is 0.311 e. The summed E-state index contributed by atoms with van der Waals surface area (Å²) in [5.41, 5.74) is 2.48. The van der Waals surface area contributed by atoms with E-state index in [0.29, 0.717) is 23.8 Å². The highest BCUT2D eigenvalue weighted by molar-refractivity contribution is 7.92. The molecule has 28 heavy (non-hydrogen) atoms. The van der Waals surface area contributed by atoms with E-state index >= 15 is 0 Å². The molecule has 1 saturated carbocycles. The molecule has 5 nitrogen and oxygen atoms in total. The first kappa shape index (κ1) is 20.4. The van der Waals surface area contributed by atoms with E-state index in [2.05, 4.69) is 0 Å². The third-order valence-electron chi connectivity index (χ3n) is 5.50. The van der Waals surface area contributed by atoms with Crippen molar-refractivity contribution in [2.45, 2.75) is 50.8 Å². The Balaban J connectivity index is 1.69. The number of aryl methyl sites for hydroxylation is 2. The molecule has 1 fully saturated rings. The molecule has 0 bridgehead atoms. The number of carbonyl (C=O) groups is 1. The summed E-state index contributed by atoms with van der Waals surface area (Å²) < 4.78 is 32.4. The molecule has 0 aromatic heterocycles. The van der Waals surface area contributed by atoms with Crippen LogP contribution in [0.3, 0.4) is 0 Å². The summed E-state index contributed by atoms with van der Waals surface area (Å²) in [7, 11) is -2.14. The molecule has 0 N–H and O–H groups in total. The zero-order valence-electron chi connectivity index (χ0n) is 16.6. The molecule has 0 saturated heterocycles. The first-order valence-corrected chi connectivity index (χ1v) is 11.1. The number of hydrogen-bond donors (Lipinski definition) is 0. The quantitative estimate of drug-likeness (QED) is 0.524. The molecule has 0 unspecified atom stereocenters. The van der Waals surface area contributed by atoms with Gasteiger partial charge in [-0.1, -0.05) is 18.9 Å². The highest BCUT2D eigenvalue weighted by Gasteiger charge is 2.22. The minimum atomic E-state index is -3.66. The van der Waals surface area contributed by atoms with Gasteiger partial charge in [0.1, 0.15) is 5.75 Å². The van der Waals surface area contributed by atoms with Crippen molar-refractivity contribution < 1.29 is 17.9 Å². The molecule has 0 spiro atoms. The highest BCUT2D eigenvalue weighted by atomic mass is 32.2. The van der Waals surface area contributed by atoms with Gasteiger partial charge in [-0.2, -0.15) is 0 Å². The van der Waals surface area contributed by atoms with Crippen LogP contribution >= 0.6 is 0 Å². The number of hydrogen-bond acceptors (Lipinski definition) is 4.